The van der Waals surface area contributed by atoms with Crippen molar-refractivity contribution in [3.8, 4) is 5.69 Å². The summed E-state index contributed by atoms with van der Waals surface area (Å²) < 4.78 is 8.13. The number of fused-ring (bicyclic) bond motifs is 5. The van der Waals surface area contributed by atoms with Crippen LogP contribution in [0.4, 0.5) is 0 Å². The van der Waals surface area contributed by atoms with E-state index < -0.39 is 0 Å². The molecule has 0 amide bonds. The van der Waals surface area contributed by atoms with Crippen molar-refractivity contribution in [2.45, 2.75) is 18.8 Å². The molecule has 0 bridgehead atoms. The molecule has 0 aliphatic carbocycles. The van der Waals surface area contributed by atoms with E-state index in [0.717, 1.165) is 23.5 Å². The zero-order valence-corrected chi connectivity index (χ0v) is 12.5. The number of rotatable bonds is 1. The second-order valence-electron chi connectivity index (χ2n) is 5.98. The number of aromatic nitrogens is 3. The Kier molecular flexibility index (Phi) is 2.83. The van der Waals surface area contributed by atoms with Gasteiger partial charge >= 0.3 is 0 Å². The topological polar surface area (TPSA) is 43.2 Å². The molecule has 2 atom stereocenters. The molecule has 1 aromatic heterocycles. The molecule has 2 aromatic carbocycles. The van der Waals surface area contributed by atoms with Crippen LogP contribution < -0.4 is 0 Å². The molecule has 0 radical (unpaired) electrons. The molecule has 0 N–H and O–H groups in total. The lowest BCUT2D eigenvalue weighted by Crippen LogP contribution is -2.26. The maximum absolute atomic E-state index is 6.20. The minimum absolute atomic E-state index is 0.0434. The number of benzene rings is 2. The van der Waals surface area contributed by atoms with Crippen molar-refractivity contribution in [2.24, 2.45) is 0 Å². The van der Waals surface area contributed by atoms with E-state index in [9.17, 15) is 0 Å². The van der Waals surface area contributed by atoms with Gasteiger partial charge in [-0.3, -0.25) is 4.90 Å². The van der Waals surface area contributed by atoms with Gasteiger partial charge in [-0.1, -0.05) is 53.7 Å². The first-order valence-corrected chi connectivity index (χ1v) is 7.83. The van der Waals surface area contributed by atoms with Crippen molar-refractivity contribution in [1.29, 1.82) is 0 Å². The van der Waals surface area contributed by atoms with Crippen molar-refractivity contribution in [2.75, 3.05) is 6.61 Å². The van der Waals surface area contributed by atoms with Gasteiger partial charge in [0.25, 0.3) is 0 Å². The van der Waals surface area contributed by atoms with Gasteiger partial charge in [-0.15, -0.1) is 5.10 Å². The third-order valence-electron chi connectivity index (χ3n) is 4.69. The maximum atomic E-state index is 6.20. The zero-order chi connectivity index (χ0) is 15.2. The molecule has 0 spiro atoms. The molecule has 0 saturated carbocycles. The zero-order valence-electron chi connectivity index (χ0n) is 12.5. The summed E-state index contributed by atoms with van der Waals surface area (Å²) in [6.07, 6.45) is 1.80. The van der Waals surface area contributed by atoms with E-state index in [2.05, 4.69) is 57.7 Å². The van der Waals surface area contributed by atoms with Crippen molar-refractivity contribution < 1.29 is 4.74 Å². The lowest BCUT2D eigenvalue weighted by Gasteiger charge is -2.26. The summed E-state index contributed by atoms with van der Waals surface area (Å²) in [5, 5.41) is 8.37. The second kappa shape index (κ2) is 5.01. The average Bonchev–Trinajstić information content (AvgIpc) is 3.21. The lowest BCUT2D eigenvalue weighted by atomic mass is 10.1. The Hall–Kier alpha value is -2.50. The third kappa shape index (κ3) is 1.94. The molecule has 114 valence electrons. The fraction of sp³-hybridized carbons (Fsp3) is 0.222. The van der Waals surface area contributed by atoms with Gasteiger partial charge in [0.2, 0.25) is 0 Å². The number of nitrogens with zero attached hydrogens (tertiary/aromatic N) is 4. The van der Waals surface area contributed by atoms with Crippen molar-refractivity contribution in [3.63, 3.8) is 0 Å². The first-order valence-electron chi connectivity index (χ1n) is 7.83. The molecule has 1 fully saturated rings. The van der Waals surface area contributed by atoms with Crippen LogP contribution in [0.25, 0.3) is 5.69 Å². The summed E-state index contributed by atoms with van der Waals surface area (Å²) in [6.45, 7) is 1.47. The largest absolute Gasteiger partial charge is 0.357 e. The van der Waals surface area contributed by atoms with E-state index >= 15 is 0 Å². The molecule has 3 heterocycles. The molecular formula is C18H16N4O. The summed E-state index contributed by atoms with van der Waals surface area (Å²) in [6, 6.07) is 19.1. The van der Waals surface area contributed by atoms with Crippen LogP contribution in [-0.4, -0.2) is 26.5 Å². The Morgan fingerprint density at radius 1 is 1.00 bits per heavy atom. The quantitative estimate of drug-likeness (QED) is 0.693. The van der Waals surface area contributed by atoms with Crippen LogP contribution in [0.1, 0.15) is 29.1 Å². The standard InChI is InChI=1S/C18H16N4O/c1-2-6-13(7-3-1)17-12-23-18-15-8-4-5-9-16(15)22-14(10-19-20-22)11-21(17)18/h1-10,17-18H,11-12H2/t17-,18-/m1/s1. The van der Waals surface area contributed by atoms with E-state index in [-0.39, 0.29) is 12.3 Å². The summed E-state index contributed by atoms with van der Waals surface area (Å²) in [5.41, 5.74) is 4.58. The predicted molar refractivity (Wildman–Crippen MR) is 84.8 cm³/mol. The summed E-state index contributed by atoms with van der Waals surface area (Å²) in [4.78, 5) is 2.40. The van der Waals surface area contributed by atoms with Gasteiger partial charge in [0.15, 0.2) is 0 Å². The van der Waals surface area contributed by atoms with E-state index in [1.54, 1.807) is 0 Å². The SMILES string of the molecule is c1ccc([C@H]2CO[C@@H]3c4ccccc4-n4nncc4CN23)cc1. The van der Waals surface area contributed by atoms with Crippen LogP contribution in [0.15, 0.2) is 60.8 Å². The van der Waals surface area contributed by atoms with Gasteiger partial charge in [-0.2, -0.15) is 0 Å². The van der Waals surface area contributed by atoms with Gasteiger partial charge in [0.05, 0.1) is 30.2 Å². The van der Waals surface area contributed by atoms with Gasteiger partial charge in [0, 0.05) is 12.1 Å². The van der Waals surface area contributed by atoms with Gasteiger partial charge in [-0.25, -0.2) is 4.68 Å². The molecule has 3 aromatic rings. The fourth-order valence-electron chi connectivity index (χ4n) is 3.60. The smallest absolute Gasteiger partial charge is 0.139 e. The van der Waals surface area contributed by atoms with E-state index in [4.69, 9.17) is 4.74 Å². The van der Waals surface area contributed by atoms with E-state index in [0.29, 0.717) is 6.61 Å². The van der Waals surface area contributed by atoms with Crippen molar-refractivity contribution >= 4 is 0 Å². The average molecular weight is 304 g/mol. The van der Waals surface area contributed by atoms with E-state index in [1.165, 1.54) is 5.56 Å². The van der Waals surface area contributed by atoms with Crippen LogP contribution in [-0.2, 0) is 11.3 Å². The lowest BCUT2D eigenvalue weighted by molar-refractivity contribution is 0.0262. The van der Waals surface area contributed by atoms with Crippen LogP contribution >= 0.6 is 0 Å². The van der Waals surface area contributed by atoms with Crippen molar-refractivity contribution in [1.82, 2.24) is 19.9 Å². The minimum Gasteiger partial charge on any atom is -0.357 e. The molecule has 5 heteroatoms. The Balaban J connectivity index is 1.65. The highest BCUT2D eigenvalue weighted by Gasteiger charge is 2.40. The summed E-state index contributed by atoms with van der Waals surface area (Å²) in [5.74, 6) is 0. The van der Waals surface area contributed by atoms with Crippen molar-refractivity contribution in [3.05, 3.63) is 77.6 Å². The number of para-hydroxylation sites is 1. The Morgan fingerprint density at radius 2 is 1.83 bits per heavy atom. The van der Waals surface area contributed by atoms with Gasteiger partial charge in [0.1, 0.15) is 6.23 Å². The Morgan fingerprint density at radius 3 is 2.74 bits per heavy atom. The summed E-state index contributed by atoms with van der Waals surface area (Å²) >= 11 is 0. The minimum atomic E-state index is -0.0434. The van der Waals surface area contributed by atoms with Crippen LogP contribution in [0.2, 0.25) is 0 Å². The van der Waals surface area contributed by atoms with Crippen LogP contribution in [0.3, 0.4) is 0 Å². The highest BCUT2D eigenvalue weighted by Crippen LogP contribution is 2.43. The molecule has 5 nitrogen and oxygen atoms in total. The summed E-state index contributed by atoms with van der Waals surface area (Å²) in [7, 11) is 0. The van der Waals surface area contributed by atoms with Crippen LogP contribution in [0.5, 0.6) is 0 Å². The highest BCUT2D eigenvalue weighted by molar-refractivity contribution is 5.44. The molecule has 2 aliphatic heterocycles. The Bertz CT molecular complexity index is 845. The molecular weight excluding hydrogens is 288 g/mol. The number of hydrogen-bond acceptors (Lipinski definition) is 4. The van der Waals surface area contributed by atoms with E-state index in [1.807, 2.05) is 23.0 Å². The molecule has 1 saturated heterocycles. The molecule has 5 rings (SSSR count). The number of ether oxygens (including phenoxy) is 1. The molecule has 2 aliphatic rings. The molecule has 23 heavy (non-hydrogen) atoms. The van der Waals surface area contributed by atoms with Gasteiger partial charge < -0.3 is 4.74 Å². The van der Waals surface area contributed by atoms with Gasteiger partial charge in [-0.05, 0) is 11.6 Å². The van der Waals surface area contributed by atoms with Crippen LogP contribution in [0, 0.1) is 0 Å². The maximum Gasteiger partial charge on any atom is 0.139 e. The third-order valence-corrected chi connectivity index (χ3v) is 4.69. The Labute approximate surface area is 134 Å². The highest BCUT2D eigenvalue weighted by atomic mass is 16.5. The normalized spacial score (nSPS) is 23.0. The molecule has 0 unspecified atom stereocenters. The first kappa shape index (κ1) is 13.0. The second-order valence-corrected chi connectivity index (χ2v) is 5.98. The number of hydrogen-bond donors (Lipinski definition) is 0. The predicted octanol–water partition coefficient (Wildman–Crippen LogP) is 2.85. The fourth-order valence-corrected chi connectivity index (χ4v) is 3.60. The first-order chi connectivity index (χ1) is 11.4. The monoisotopic (exact) mass is 304 g/mol.